The molecule has 0 amide bonds. The van der Waals surface area contributed by atoms with Gasteiger partial charge in [-0.15, -0.1) is 0 Å². The Hall–Kier alpha value is -2.53. The Morgan fingerprint density at radius 2 is 2.14 bits per heavy atom. The summed E-state index contributed by atoms with van der Waals surface area (Å²) in [5, 5.41) is 13.0. The molecule has 0 bridgehead atoms. The summed E-state index contributed by atoms with van der Waals surface area (Å²) in [5.74, 6) is -0.761. The van der Waals surface area contributed by atoms with Crippen molar-refractivity contribution in [3.8, 4) is 0 Å². The fourth-order valence-corrected chi connectivity index (χ4v) is 2.28. The van der Waals surface area contributed by atoms with Gasteiger partial charge < -0.3 is 10.4 Å². The van der Waals surface area contributed by atoms with Crippen LogP contribution in [0.25, 0.3) is 5.65 Å². The van der Waals surface area contributed by atoms with Gasteiger partial charge in [-0.2, -0.15) is 0 Å². The lowest BCUT2D eigenvalue weighted by molar-refractivity contribution is 0.0690. The van der Waals surface area contributed by atoms with Crippen molar-refractivity contribution >= 4 is 34.7 Å². The van der Waals surface area contributed by atoms with Gasteiger partial charge in [0.2, 0.25) is 0 Å². The summed E-state index contributed by atoms with van der Waals surface area (Å²) < 4.78 is 1.53. The number of pyridine rings is 1. The van der Waals surface area contributed by atoms with Crippen LogP contribution in [0.3, 0.4) is 0 Å². The standard InChI is InChI=1S/C15H12ClN3O2/c1-9-5-6-10(8-11(9)16)17-14-13(15(20)21)19-7-3-2-4-12(19)18-14/h2-8,17H,1H3,(H,20,21). The van der Waals surface area contributed by atoms with Crippen LogP contribution in [-0.4, -0.2) is 20.5 Å². The summed E-state index contributed by atoms with van der Waals surface area (Å²) in [5.41, 5.74) is 2.30. The van der Waals surface area contributed by atoms with Gasteiger partial charge in [0, 0.05) is 16.9 Å². The monoisotopic (exact) mass is 301 g/mol. The number of aromatic carboxylic acids is 1. The minimum Gasteiger partial charge on any atom is -0.476 e. The number of carboxylic acid groups (broad SMARTS) is 1. The van der Waals surface area contributed by atoms with Crippen LogP contribution in [0.2, 0.25) is 5.02 Å². The minimum atomic E-state index is -1.05. The van der Waals surface area contributed by atoms with Crippen LogP contribution < -0.4 is 5.32 Å². The largest absolute Gasteiger partial charge is 0.476 e. The number of imidazole rings is 1. The highest BCUT2D eigenvalue weighted by Gasteiger charge is 2.18. The molecule has 0 saturated heterocycles. The van der Waals surface area contributed by atoms with Crippen LogP contribution in [0, 0.1) is 6.92 Å². The van der Waals surface area contributed by atoms with Crippen molar-refractivity contribution in [2.45, 2.75) is 6.92 Å². The molecule has 2 N–H and O–H groups in total. The molecule has 2 aromatic heterocycles. The first-order chi connectivity index (χ1) is 10.1. The quantitative estimate of drug-likeness (QED) is 0.773. The molecule has 0 fully saturated rings. The zero-order chi connectivity index (χ0) is 15.0. The van der Waals surface area contributed by atoms with E-state index in [1.807, 2.05) is 19.1 Å². The lowest BCUT2D eigenvalue weighted by Gasteiger charge is -2.06. The SMILES string of the molecule is Cc1ccc(Nc2nc3ccccn3c2C(=O)O)cc1Cl. The van der Waals surface area contributed by atoms with Crippen LogP contribution in [0.5, 0.6) is 0 Å². The number of fused-ring (bicyclic) bond motifs is 1. The molecule has 0 atom stereocenters. The smallest absolute Gasteiger partial charge is 0.356 e. The third kappa shape index (κ3) is 2.43. The van der Waals surface area contributed by atoms with Crippen molar-refractivity contribution in [2.75, 3.05) is 5.32 Å². The van der Waals surface area contributed by atoms with Gasteiger partial charge in [0.1, 0.15) is 5.65 Å². The number of nitrogens with one attached hydrogen (secondary N) is 1. The van der Waals surface area contributed by atoms with Gasteiger partial charge in [-0.3, -0.25) is 4.40 Å². The maximum Gasteiger partial charge on any atom is 0.356 e. The molecule has 5 nitrogen and oxygen atoms in total. The fourth-order valence-electron chi connectivity index (χ4n) is 2.09. The summed E-state index contributed by atoms with van der Waals surface area (Å²) in [6, 6.07) is 10.7. The number of hydrogen-bond donors (Lipinski definition) is 2. The number of hydrogen-bond acceptors (Lipinski definition) is 3. The van der Waals surface area contributed by atoms with E-state index >= 15 is 0 Å². The van der Waals surface area contributed by atoms with Crippen LogP contribution in [0.15, 0.2) is 42.6 Å². The maximum atomic E-state index is 11.5. The van der Waals surface area contributed by atoms with E-state index in [-0.39, 0.29) is 11.5 Å². The minimum absolute atomic E-state index is 0.0855. The Kier molecular flexibility index (Phi) is 3.27. The Morgan fingerprint density at radius 1 is 1.33 bits per heavy atom. The normalized spacial score (nSPS) is 10.8. The third-order valence-corrected chi connectivity index (χ3v) is 3.57. The summed E-state index contributed by atoms with van der Waals surface area (Å²) in [7, 11) is 0. The number of carbonyl (C=O) groups is 1. The summed E-state index contributed by atoms with van der Waals surface area (Å²) in [6.07, 6.45) is 1.67. The van der Waals surface area contributed by atoms with E-state index < -0.39 is 5.97 Å². The zero-order valence-electron chi connectivity index (χ0n) is 11.2. The second-order valence-corrected chi connectivity index (χ2v) is 5.04. The highest BCUT2D eigenvalue weighted by atomic mass is 35.5. The van der Waals surface area contributed by atoms with E-state index in [9.17, 15) is 9.90 Å². The number of aromatic nitrogens is 2. The number of halogens is 1. The topological polar surface area (TPSA) is 66.6 Å². The molecule has 0 unspecified atom stereocenters. The maximum absolute atomic E-state index is 11.5. The molecular weight excluding hydrogens is 290 g/mol. The van der Waals surface area contributed by atoms with Gasteiger partial charge in [0.05, 0.1) is 0 Å². The van der Waals surface area contributed by atoms with Gasteiger partial charge >= 0.3 is 5.97 Å². The van der Waals surface area contributed by atoms with Gasteiger partial charge in [-0.1, -0.05) is 23.7 Å². The van der Waals surface area contributed by atoms with Gasteiger partial charge in [0.15, 0.2) is 11.5 Å². The second-order valence-electron chi connectivity index (χ2n) is 4.63. The van der Waals surface area contributed by atoms with E-state index in [0.717, 1.165) is 5.56 Å². The second kappa shape index (κ2) is 5.10. The van der Waals surface area contributed by atoms with Crippen molar-refractivity contribution in [1.29, 1.82) is 0 Å². The molecule has 106 valence electrons. The van der Waals surface area contributed by atoms with Crippen LogP contribution >= 0.6 is 11.6 Å². The molecule has 0 spiro atoms. The highest BCUT2D eigenvalue weighted by molar-refractivity contribution is 6.31. The predicted molar refractivity (Wildman–Crippen MR) is 81.6 cm³/mol. The molecule has 6 heteroatoms. The molecular formula is C15H12ClN3O2. The van der Waals surface area contributed by atoms with E-state index in [0.29, 0.717) is 16.4 Å². The Labute approximate surface area is 125 Å². The summed E-state index contributed by atoms with van der Waals surface area (Å²) in [6.45, 7) is 1.90. The summed E-state index contributed by atoms with van der Waals surface area (Å²) in [4.78, 5) is 15.8. The molecule has 0 aliphatic carbocycles. The number of rotatable bonds is 3. The van der Waals surface area contributed by atoms with Gasteiger partial charge in [-0.05, 0) is 36.8 Å². The molecule has 3 aromatic rings. The van der Waals surface area contributed by atoms with E-state index in [4.69, 9.17) is 11.6 Å². The molecule has 3 rings (SSSR count). The average Bonchev–Trinajstić information content (AvgIpc) is 2.80. The van der Waals surface area contributed by atoms with E-state index in [2.05, 4.69) is 10.3 Å². The van der Waals surface area contributed by atoms with Crippen molar-refractivity contribution < 1.29 is 9.90 Å². The van der Waals surface area contributed by atoms with E-state index in [1.54, 1.807) is 30.5 Å². The van der Waals surface area contributed by atoms with Crippen LogP contribution in [0.4, 0.5) is 11.5 Å². The van der Waals surface area contributed by atoms with Crippen molar-refractivity contribution in [3.05, 3.63) is 58.9 Å². The third-order valence-electron chi connectivity index (χ3n) is 3.17. The fraction of sp³-hybridized carbons (Fsp3) is 0.0667. The molecule has 2 heterocycles. The van der Waals surface area contributed by atoms with Crippen molar-refractivity contribution in [2.24, 2.45) is 0 Å². The lowest BCUT2D eigenvalue weighted by Crippen LogP contribution is -2.05. The molecule has 1 aromatic carbocycles. The summed E-state index contributed by atoms with van der Waals surface area (Å²) >= 11 is 6.08. The van der Waals surface area contributed by atoms with Crippen LogP contribution in [0.1, 0.15) is 16.1 Å². The number of anilines is 2. The number of nitrogens with zero attached hydrogens (tertiary/aromatic N) is 2. The molecule has 0 saturated carbocycles. The average molecular weight is 302 g/mol. The van der Waals surface area contributed by atoms with Gasteiger partial charge in [0.25, 0.3) is 0 Å². The molecule has 0 aliphatic rings. The number of aryl methyl sites for hydroxylation is 1. The molecule has 0 aliphatic heterocycles. The van der Waals surface area contributed by atoms with Crippen LogP contribution in [-0.2, 0) is 0 Å². The van der Waals surface area contributed by atoms with Crippen molar-refractivity contribution in [1.82, 2.24) is 9.38 Å². The Bertz CT molecular complexity index is 842. The Morgan fingerprint density at radius 3 is 2.86 bits per heavy atom. The molecule has 0 radical (unpaired) electrons. The first kappa shape index (κ1) is 13.5. The highest BCUT2D eigenvalue weighted by Crippen LogP contribution is 2.25. The lowest BCUT2D eigenvalue weighted by atomic mass is 10.2. The first-order valence-electron chi connectivity index (χ1n) is 6.30. The molecule has 21 heavy (non-hydrogen) atoms. The van der Waals surface area contributed by atoms with Gasteiger partial charge in [-0.25, -0.2) is 9.78 Å². The first-order valence-corrected chi connectivity index (χ1v) is 6.67. The van der Waals surface area contributed by atoms with Crippen molar-refractivity contribution in [3.63, 3.8) is 0 Å². The Balaban J connectivity index is 2.09. The number of carboxylic acids is 1. The zero-order valence-corrected chi connectivity index (χ0v) is 11.9. The number of benzene rings is 1. The van der Waals surface area contributed by atoms with E-state index in [1.165, 1.54) is 4.40 Å². The predicted octanol–water partition coefficient (Wildman–Crippen LogP) is 3.74.